The summed E-state index contributed by atoms with van der Waals surface area (Å²) >= 11 is 12.3. The van der Waals surface area contributed by atoms with Crippen LogP contribution in [0.1, 0.15) is 36.9 Å². The van der Waals surface area contributed by atoms with E-state index >= 15 is 0 Å². The fraction of sp³-hybridized carbons (Fsp3) is 0.346. The van der Waals surface area contributed by atoms with Crippen LogP contribution in [0.2, 0.25) is 10.0 Å². The van der Waals surface area contributed by atoms with Gasteiger partial charge in [-0.3, -0.25) is 0 Å². The van der Waals surface area contributed by atoms with E-state index < -0.39 is 10.0 Å². The van der Waals surface area contributed by atoms with Crippen LogP contribution in [-0.2, 0) is 16.4 Å². The van der Waals surface area contributed by atoms with Crippen LogP contribution in [0.25, 0.3) is 5.69 Å². The van der Waals surface area contributed by atoms with Gasteiger partial charge in [-0.1, -0.05) is 47.3 Å². The zero-order chi connectivity index (χ0) is 25.6. The van der Waals surface area contributed by atoms with Crippen LogP contribution in [0.3, 0.4) is 0 Å². The van der Waals surface area contributed by atoms with Crippen molar-refractivity contribution < 1.29 is 17.9 Å². The van der Waals surface area contributed by atoms with Gasteiger partial charge in [0.25, 0.3) is 0 Å². The van der Waals surface area contributed by atoms with Gasteiger partial charge in [-0.05, 0) is 55.2 Å². The molecule has 2 aliphatic rings. The van der Waals surface area contributed by atoms with Gasteiger partial charge in [0.15, 0.2) is 0 Å². The van der Waals surface area contributed by atoms with Gasteiger partial charge >= 0.3 is 0 Å². The highest BCUT2D eigenvalue weighted by atomic mass is 35.5. The van der Waals surface area contributed by atoms with E-state index in [1.807, 2.05) is 10.9 Å². The first kappa shape index (κ1) is 25.4. The maximum absolute atomic E-state index is 13.5. The quantitative estimate of drug-likeness (QED) is 0.402. The molecule has 6 nitrogen and oxygen atoms in total. The normalized spacial score (nSPS) is 19.6. The van der Waals surface area contributed by atoms with Gasteiger partial charge in [0.05, 0.1) is 34.2 Å². The second kappa shape index (κ2) is 9.91. The van der Waals surface area contributed by atoms with Crippen LogP contribution in [-0.4, -0.2) is 47.3 Å². The fourth-order valence-electron chi connectivity index (χ4n) is 5.57. The minimum atomic E-state index is -3.97. The molecule has 0 amide bonds. The van der Waals surface area contributed by atoms with Crippen molar-refractivity contribution in [3.63, 3.8) is 0 Å². The standard InChI is InChI=1S/C26H26Cl2FN3O3S/c1-16-21-14-30-32(20-9-7-19(29)8-10-20)23(21)13-17-5-6-18(25(16)17)15-31(11-12-33)36(34,35)24-4-2-3-22(27)26(24)28/h2-4,7-10,14,16,18,33H,5-6,11-13,15H2,1H3/t16-,18+/m0/s1. The van der Waals surface area contributed by atoms with Crippen molar-refractivity contribution in [2.75, 3.05) is 19.7 Å². The summed E-state index contributed by atoms with van der Waals surface area (Å²) in [6, 6.07) is 10.8. The number of fused-ring (bicyclic) bond motifs is 1. The number of hydrogen-bond donors (Lipinski definition) is 1. The highest BCUT2D eigenvalue weighted by Crippen LogP contribution is 2.47. The Kier molecular flexibility index (Phi) is 7.00. The number of aliphatic hydroxyl groups is 1. The summed E-state index contributed by atoms with van der Waals surface area (Å²) in [6.45, 7) is 2.03. The van der Waals surface area contributed by atoms with Crippen LogP contribution in [0.5, 0.6) is 0 Å². The fourth-order valence-corrected chi connectivity index (χ4v) is 7.78. The molecule has 1 heterocycles. The molecular formula is C26H26Cl2FN3O3S. The molecule has 2 aliphatic carbocycles. The third-order valence-corrected chi connectivity index (χ3v) is 10.1. The molecule has 0 spiro atoms. The lowest BCUT2D eigenvalue weighted by Gasteiger charge is -2.30. The Morgan fingerprint density at radius 1 is 1.19 bits per heavy atom. The van der Waals surface area contributed by atoms with Crippen molar-refractivity contribution in [3.05, 3.63) is 86.9 Å². The van der Waals surface area contributed by atoms with Crippen LogP contribution in [0.15, 0.2) is 64.7 Å². The summed E-state index contributed by atoms with van der Waals surface area (Å²) in [5, 5.41) is 14.4. The Labute approximate surface area is 220 Å². The highest BCUT2D eigenvalue weighted by molar-refractivity contribution is 7.89. The van der Waals surface area contributed by atoms with E-state index in [2.05, 4.69) is 12.0 Å². The highest BCUT2D eigenvalue weighted by Gasteiger charge is 2.39. The van der Waals surface area contributed by atoms with Crippen molar-refractivity contribution in [2.24, 2.45) is 5.92 Å². The van der Waals surface area contributed by atoms with Crippen molar-refractivity contribution in [1.29, 1.82) is 0 Å². The smallest absolute Gasteiger partial charge is 0.244 e. The van der Waals surface area contributed by atoms with Gasteiger partial charge in [-0.2, -0.15) is 9.40 Å². The van der Waals surface area contributed by atoms with E-state index in [1.54, 1.807) is 24.3 Å². The maximum atomic E-state index is 13.5. The Bertz CT molecular complexity index is 1440. The van der Waals surface area contributed by atoms with Gasteiger partial charge in [-0.15, -0.1) is 0 Å². The molecule has 3 aromatic rings. The van der Waals surface area contributed by atoms with E-state index in [9.17, 15) is 17.9 Å². The van der Waals surface area contributed by atoms with E-state index in [1.165, 1.54) is 33.7 Å². The van der Waals surface area contributed by atoms with Crippen LogP contribution in [0.4, 0.5) is 4.39 Å². The SMILES string of the molecule is C[C@@H]1C2=C(CC[C@@H]2CN(CCO)S(=O)(=O)c2cccc(Cl)c2Cl)Cc2c1cnn2-c1ccc(F)cc1. The first-order chi connectivity index (χ1) is 17.2. The average molecular weight is 550 g/mol. The molecule has 0 radical (unpaired) electrons. The van der Waals surface area contributed by atoms with Crippen molar-refractivity contribution in [3.8, 4) is 5.69 Å². The third-order valence-electron chi connectivity index (χ3n) is 7.24. The maximum Gasteiger partial charge on any atom is 0.244 e. The molecule has 2 aromatic carbocycles. The molecule has 0 saturated carbocycles. The number of sulfonamides is 1. The molecular weight excluding hydrogens is 524 g/mol. The lowest BCUT2D eigenvalue weighted by atomic mass is 9.80. The minimum absolute atomic E-state index is 0.0107. The molecule has 1 N–H and O–H groups in total. The number of rotatable bonds is 7. The van der Waals surface area contributed by atoms with E-state index in [0.717, 1.165) is 36.2 Å². The summed E-state index contributed by atoms with van der Waals surface area (Å²) < 4.78 is 43.7. The molecule has 5 rings (SSSR count). The molecule has 0 saturated heterocycles. The zero-order valence-electron chi connectivity index (χ0n) is 19.7. The number of aliphatic hydroxyl groups excluding tert-OH is 1. The van der Waals surface area contributed by atoms with Gasteiger partial charge in [0.2, 0.25) is 10.0 Å². The molecule has 0 fully saturated rings. The largest absolute Gasteiger partial charge is 0.395 e. The molecule has 0 bridgehead atoms. The number of halogens is 3. The lowest BCUT2D eigenvalue weighted by Crippen LogP contribution is -2.38. The van der Waals surface area contributed by atoms with E-state index in [4.69, 9.17) is 23.2 Å². The van der Waals surface area contributed by atoms with Gasteiger partial charge < -0.3 is 5.11 Å². The predicted octanol–water partition coefficient (Wildman–Crippen LogP) is 5.37. The molecule has 1 aromatic heterocycles. The Hall–Kier alpha value is -2.23. The monoisotopic (exact) mass is 549 g/mol. The lowest BCUT2D eigenvalue weighted by molar-refractivity contribution is 0.243. The number of hydrogen-bond acceptors (Lipinski definition) is 4. The molecule has 0 aliphatic heterocycles. The van der Waals surface area contributed by atoms with Crippen molar-refractivity contribution in [2.45, 2.75) is 37.0 Å². The number of nitrogens with zero attached hydrogens (tertiary/aromatic N) is 3. The Morgan fingerprint density at radius 2 is 1.94 bits per heavy atom. The summed E-state index contributed by atoms with van der Waals surface area (Å²) in [6.07, 6.45) is 4.26. The number of aromatic nitrogens is 2. The molecule has 36 heavy (non-hydrogen) atoms. The van der Waals surface area contributed by atoms with Crippen LogP contribution in [0, 0.1) is 11.7 Å². The number of allylic oxidation sites excluding steroid dienone is 1. The topological polar surface area (TPSA) is 75.4 Å². The first-order valence-electron chi connectivity index (χ1n) is 11.8. The summed E-state index contributed by atoms with van der Waals surface area (Å²) in [4.78, 5) is -0.0585. The Morgan fingerprint density at radius 3 is 2.67 bits per heavy atom. The second-order valence-corrected chi connectivity index (χ2v) is 12.0. The predicted molar refractivity (Wildman–Crippen MR) is 138 cm³/mol. The molecule has 10 heteroatoms. The van der Waals surface area contributed by atoms with Gasteiger partial charge in [0, 0.05) is 31.0 Å². The first-order valence-corrected chi connectivity index (χ1v) is 14.0. The van der Waals surface area contributed by atoms with Crippen molar-refractivity contribution >= 4 is 33.2 Å². The molecule has 190 valence electrons. The molecule has 0 unspecified atom stereocenters. The number of benzene rings is 2. The third kappa shape index (κ3) is 4.39. The summed E-state index contributed by atoms with van der Waals surface area (Å²) in [5.41, 5.74) is 5.53. The second-order valence-electron chi connectivity index (χ2n) is 9.27. The summed E-state index contributed by atoms with van der Waals surface area (Å²) in [5.74, 6) is -0.214. The minimum Gasteiger partial charge on any atom is -0.395 e. The zero-order valence-corrected chi connectivity index (χ0v) is 22.0. The van der Waals surface area contributed by atoms with E-state index in [-0.39, 0.29) is 52.3 Å². The van der Waals surface area contributed by atoms with Gasteiger partial charge in [0.1, 0.15) is 10.7 Å². The Balaban J connectivity index is 1.44. The van der Waals surface area contributed by atoms with Crippen LogP contribution < -0.4 is 0 Å². The molecule has 2 atom stereocenters. The summed E-state index contributed by atoms with van der Waals surface area (Å²) in [7, 11) is -3.97. The average Bonchev–Trinajstić information content (AvgIpc) is 3.46. The van der Waals surface area contributed by atoms with Crippen LogP contribution >= 0.6 is 23.2 Å². The van der Waals surface area contributed by atoms with Gasteiger partial charge in [-0.25, -0.2) is 17.5 Å². The van der Waals surface area contributed by atoms with Crippen molar-refractivity contribution in [1.82, 2.24) is 14.1 Å². The van der Waals surface area contributed by atoms with E-state index in [0.29, 0.717) is 0 Å².